The van der Waals surface area contributed by atoms with Gasteiger partial charge in [0, 0.05) is 41.6 Å². The summed E-state index contributed by atoms with van der Waals surface area (Å²) in [7, 11) is 0. The number of rotatable bonds is 2. The Morgan fingerprint density at radius 1 is 1.45 bits per heavy atom. The van der Waals surface area contributed by atoms with Crippen LogP contribution >= 0.6 is 11.6 Å². The lowest BCUT2D eigenvalue weighted by atomic mass is 10.0. The zero-order valence-corrected chi connectivity index (χ0v) is 11.9. The second kappa shape index (κ2) is 5.34. The summed E-state index contributed by atoms with van der Waals surface area (Å²) in [4.78, 5) is 14.2. The molecule has 3 atom stereocenters. The molecule has 3 rings (SSSR count). The van der Waals surface area contributed by atoms with Crippen molar-refractivity contribution in [2.75, 3.05) is 13.1 Å². The lowest BCUT2D eigenvalue weighted by Crippen LogP contribution is -2.46. The Bertz CT molecular complexity index is 516. The van der Waals surface area contributed by atoms with Crippen molar-refractivity contribution in [3.63, 3.8) is 0 Å². The van der Waals surface area contributed by atoms with Gasteiger partial charge < -0.3 is 10.6 Å². The second-order valence-corrected chi connectivity index (χ2v) is 6.18. The van der Waals surface area contributed by atoms with Gasteiger partial charge in [-0.2, -0.15) is 0 Å². The fraction of sp³-hybridized carbons (Fsp3) is 0.533. The number of nitrogens with two attached hydrogens (primary N) is 1. The highest BCUT2D eigenvalue weighted by molar-refractivity contribution is 6.31. The van der Waals surface area contributed by atoms with Crippen molar-refractivity contribution in [2.45, 2.75) is 31.2 Å². The standard InChI is InChI=1S/C15H18ClFN2O/c16-12-4-1-5-13(17)14(12)10-7-11(10)15(20)19-6-2-3-9(18)8-19/h1,4-5,9-11H,2-3,6-8,18H2/t9-,10-,11+/m1/s1. The van der Waals surface area contributed by atoms with Crippen LogP contribution < -0.4 is 5.73 Å². The third kappa shape index (κ3) is 2.54. The molecule has 3 nitrogen and oxygen atoms in total. The Morgan fingerprint density at radius 2 is 2.25 bits per heavy atom. The van der Waals surface area contributed by atoms with Crippen molar-refractivity contribution in [3.8, 4) is 0 Å². The molecule has 2 fully saturated rings. The normalized spacial score (nSPS) is 29.4. The smallest absolute Gasteiger partial charge is 0.226 e. The van der Waals surface area contributed by atoms with Crippen LogP contribution in [-0.4, -0.2) is 29.9 Å². The molecule has 2 N–H and O–H groups in total. The molecule has 0 bridgehead atoms. The highest BCUT2D eigenvalue weighted by Crippen LogP contribution is 2.51. The molecular formula is C15H18ClFN2O. The number of amides is 1. The average molecular weight is 297 g/mol. The quantitative estimate of drug-likeness (QED) is 0.911. The molecule has 1 saturated heterocycles. The summed E-state index contributed by atoms with van der Waals surface area (Å²) in [6.45, 7) is 1.38. The zero-order chi connectivity index (χ0) is 14.3. The minimum absolute atomic E-state index is 0.0712. The van der Waals surface area contributed by atoms with Crippen molar-refractivity contribution >= 4 is 17.5 Å². The van der Waals surface area contributed by atoms with Crippen molar-refractivity contribution < 1.29 is 9.18 Å². The fourth-order valence-corrected chi connectivity index (χ4v) is 3.40. The number of likely N-dealkylation sites (tertiary alicyclic amines) is 1. The van der Waals surface area contributed by atoms with Gasteiger partial charge in [0.25, 0.3) is 0 Å². The fourth-order valence-electron chi connectivity index (χ4n) is 3.10. The predicted molar refractivity (Wildman–Crippen MR) is 76.0 cm³/mol. The summed E-state index contributed by atoms with van der Waals surface area (Å²) < 4.78 is 13.9. The van der Waals surface area contributed by atoms with Crippen molar-refractivity contribution in [2.24, 2.45) is 11.7 Å². The van der Waals surface area contributed by atoms with Gasteiger partial charge in [-0.3, -0.25) is 4.79 Å². The molecule has 1 aromatic carbocycles. The number of benzene rings is 1. The summed E-state index contributed by atoms with van der Waals surface area (Å²) in [5.41, 5.74) is 6.40. The lowest BCUT2D eigenvalue weighted by molar-refractivity contribution is -0.133. The van der Waals surface area contributed by atoms with E-state index in [2.05, 4.69) is 0 Å². The first-order valence-electron chi connectivity index (χ1n) is 7.06. The minimum atomic E-state index is -0.312. The molecule has 1 heterocycles. The van der Waals surface area contributed by atoms with Gasteiger partial charge in [0.1, 0.15) is 5.82 Å². The van der Waals surface area contributed by atoms with Crippen LogP contribution in [0.2, 0.25) is 5.02 Å². The highest BCUT2D eigenvalue weighted by Gasteiger charge is 2.48. The number of halogens is 2. The summed E-state index contributed by atoms with van der Waals surface area (Å²) >= 11 is 6.06. The highest BCUT2D eigenvalue weighted by atomic mass is 35.5. The van der Waals surface area contributed by atoms with E-state index in [4.69, 9.17) is 17.3 Å². The molecule has 108 valence electrons. The largest absolute Gasteiger partial charge is 0.341 e. The van der Waals surface area contributed by atoms with Crippen LogP contribution in [0.1, 0.15) is 30.7 Å². The van der Waals surface area contributed by atoms with Crippen molar-refractivity contribution in [1.82, 2.24) is 4.90 Å². The number of piperidine rings is 1. The van der Waals surface area contributed by atoms with Gasteiger partial charge in [-0.15, -0.1) is 0 Å². The van der Waals surface area contributed by atoms with Crippen LogP contribution in [0.3, 0.4) is 0 Å². The summed E-state index contributed by atoms with van der Waals surface area (Å²) in [5, 5.41) is 0.417. The molecule has 1 aromatic rings. The molecule has 1 saturated carbocycles. The van der Waals surface area contributed by atoms with Gasteiger partial charge in [0.2, 0.25) is 5.91 Å². The van der Waals surface area contributed by atoms with E-state index in [0.29, 0.717) is 23.6 Å². The van der Waals surface area contributed by atoms with Gasteiger partial charge in [-0.1, -0.05) is 17.7 Å². The third-order valence-electron chi connectivity index (χ3n) is 4.25. The molecule has 20 heavy (non-hydrogen) atoms. The number of hydrogen-bond acceptors (Lipinski definition) is 2. The van der Waals surface area contributed by atoms with Crippen LogP contribution in [-0.2, 0) is 4.79 Å². The maximum atomic E-state index is 13.9. The van der Waals surface area contributed by atoms with E-state index in [1.165, 1.54) is 6.07 Å². The number of hydrogen-bond donors (Lipinski definition) is 1. The Hall–Kier alpha value is -1.13. The molecule has 1 aliphatic carbocycles. The van der Waals surface area contributed by atoms with E-state index in [0.717, 1.165) is 19.4 Å². The molecule has 1 amide bonds. The van der Waals surface area contributed by atoms with E-state index in [1.807, 2.05) is 4.90 Å². The monoisotopic (exact) mass is 296 g/mol. The molecule has 1 aliphatic heterocycles. The van der Waals surface area contributed by atoms with Gasteiger partial charge >= 0.3 is 0 Å². The van der Waals surface area contributed by atoms with E-state index < -0.39 is 0 Å². The first-order valence-corrected chi connectivity index (χ1v) is 7.44. The van der Waals surface area contributed by atoms with Crippen LogP contribution in [0.25, 0.3) is 0 Å². The van der Waals surface area contributed by atoms with E-state index in [-0.39, 0.29) is 29.6 Å². The van der Waals surface area contributed by atoms with Crippen LogP contribution in [0.15, 0.2) is 18.2 Å². The van der Waals surface area contributed by atoms with Crippen LogP contribution in [0, 0.1) is 11.7 Å². The maximum Gasteiger partial charge on any atom is 0.226 e. The molecular weight excluding hydrogens is 279 g/mol. The minimum Gasteiger partial charge on any atom is -0.341 e. The number of carbonyl (C=O) groups is 1. The summed E-state index contributed by atoms with van der Waals surface area (Å²) in [5.74, 6) is -0.415. The number of carbonyl (C=O) groups excluding carboxylic acids is 1. The van der Waals surface area contributed by atoms with E-state index in [9.17, 15) is 9.18 Å². The Balaban J connectivity index is 1.71. The topological polar surface area (TPSA) is 46.3 Å². The van der Waals surface area contributed by atoms with Crippen LogP contribution in [0.5, 0.6) is 0 Å². The van der Waals surface area contributed by atoms with E-state index in [1.54, 1.807) is 12.1 Å². The van der Waals surface area contributed by atoms with Gasteiger partial charge in [0.15, 0.2) is 0 Å². The molecule has 2 aliphatic rings. The van der Waals surface area contributed by atoms with Crippen molar-refractivity contribution in [3.05, 3.63) is 34.6 Å². The number of nitrogens with zero attached hydrogens (tertiary/aromatic N) is 1. The Kier molecular flexibility index (Phi) is 3.69. The average Bonchev–Trinajstić information content (AvgIpc) is 3.18. The van der Waals surface area contributed by atoms with Gasteiger partial charge in [-0.05, 0) is 31.4 Å². The molecule has 0 aromatic heterocycles. The Morgan fingerprint density at radius 3 is 2.95 bits per heavy atom. The van der Waals surface area contributed by atoms with Crippen molar-refractivity contribution in [1.29, 1.82) is 0 Å². The Labute approximate surface area is 122 Å². The molecule has 5 heteroatoms. The molecule has 0 radical (unpaired) electrons. The second-order valence-electron chi connectivity index (χ2n) is 5.77. The first-order chi connectivity index (χ1) is 9.58. The third-order valence-corrected chi connectivity index (χ3v) is 4.58. The van der Waals surface area contributed by atoms with Crippen LogP contribution in [0.4, 0.5) is 4.39 Å². The summed E-state index contributed by atoms with van der Waals surface area (Å²) in [6, 6.07) is 4.74. The molecule has 0 spiro atoms. The molecule has 0 unspecified atom stereocenters. The van der Waals surface area contributed by atoms with Gasteiger partial charge in [-0.25, -0.2) is 4.39 Å². The van der Waals surface area contributed by atoms with E-state index >= 15 is 0 Å². The lowest BCUT2D eigenvalue weighted by Gasteiger charge is -2.31. The zero-order valence-electron chi connectivity index (χ0n) is 11.2. The maximum absolute atomic E-state index is 13.9. The first kappa shape index (κ1) is 13.8. The SMILES string of the molecule is N[C@@H]1CCCN(C(=O)[C@H]2C[C@H]2c2c(F)cccc2Cl)C1. The van der Waals surface area contributed by atoms with Gasteiger partial charge in [0.05, 0.1) is 0 Å². The predicted octanol–water partition coefficient (Wildman–Crippen LogP) is 2.53. The summed E-state index contributed by atoms with van der Waals surface area (Å²) in [6.07, 6.45) is 2.60.